The molecule has 0 aromatic heterocycles. The molecule has 0 unspecified atom stereocenters. The van der Waals surface area contributed by atoms with Crippen LogP contribution in [0.1, 0.15) is 57.8 Å². The van der Waals surface area contributed by atoms with Crippen molar-refractivity contribution in [1.82, 2.24) is 5.32 Å². The summed E-state index contributed by atoms with van der Waals surface area (Å²) in [6.07, 6.45) is 10.1. The largest absolute Gasteiger partial charge is 0.353 e. The van der Waals surface area contributed by atoms with Crippen molar-refractivity contribution < 1.29 is 4.79 Å². The number of rotatable bonds is 3. The van der Waals surface area contributed by atoms with Gasteiger partial charge in [-0.05, 0) is 44.4 Å². The molecule has 2 fully saturated rings. The minimum absolute atomic E-state index is 0. The summed E-state index contributed by atoms with van der Waals surface area (Å²) in [5.74, 6) is 0.855. The fraction of sp³-hybridized carbons (Fsp3) is 0.923. The molecule has 0 atom stereocenters. The molecular formula is C13H25ClN2O. The molecule has 3 nitrogen and oxygen atoms in total. The van der Waals surface area contributed by atoms with Gasteiger partial charge in [0.15, 0.2) is 0 Å². The predicted octanol–water partition coefficient (Wildman–Crippen LogP) is 2.37. The maximum absolute atomic E-state index is 11.8. The van der Waals surface area contributed by atoms with Gasteiger partial charge in [-0.3, -0.25) is 4.79 Å². The quantitative estimate of drug-likeness (QED) is 0.819. The zero-order chi connectivity index (χ0) is 11.4. The van der Waals surface area contributed by atoms with E-state index < -0.39 is 0 Å². The first-order chi connectivity index (χ1) is 7.74. The Bertz CT molecular complexity index is 234. The van der Waals surface area contributed by atoms with Gasteiger partial charge in [0.1, 0.15) is 0 Å². The van der Waals surface area contributed by atoms with E-state index in [1.807, 2.05) is 0 Å². The van der Waals surface area contributed by atoms with Crippen molar-refractivity contribution in [3.05, 3.63) is 0 Å². The molecule has 1 amide bonds. The van der Waals surface area contributed by atoms with E-state index in [1.54, 1.807) is 0 Å². The molecule has 0 heterocycles. The van der Waals surface area contributed by atoms with Crippen molar-refractivity contribution in [3.8, 4) is 0 Å². The number of amides is 1. The van der Waals surface area contributed by atoms with E-state index in [-0.39, 0.29) is 18.3 Å². The van der Waals surface area contributed by atoms with Crippen LogP contribution in [0, 0.1) is 5.92 Å². The lowest BCUT2D eigenvalue weighted by Crippen LogP contribution is -2.35. The van der Waals surface area contributed by atoms with E-state index in [9.17, 15) is 4.79 Å². The second kappa shape index (κ2) is 7.22. The third-order valence-electron chi connectivity index (χ3n) is 4.09. The zero-order valence-electron chi connectivity index (χ0n) is 10.5. The van der Waals surface area contributed by atoms with Crippen LogP contribution in [-0.2, 0) is 4.79 Å². The van der Waals surface area contributed by atoms with Crippen LogP contribution in [0.25, 0.3) is 0 Å². The number of nitrogens with one attached hydrogen (secondary N) is 1. The minimum Gasteiger partial charge on any atom is -0.353 e. The number of hydrogen-bond donors (Lipinski definition) is 2. The molecule has 4 heteroatoms. The minimum atomic E-state index is 0. The monoisotopic (exact) mass is 260 g/mol. The van der Waals surface area contributed by atoms with Crippen LogP contribution in [0.2, 0.25) is 0 Å². The molecule has 0 aromatic rings. The van der Waals surface area contributed by atoms with Gasteiger partial charge in [0.25, 0.3) is 0 Å². The highest BCUT2D eigenvalue weighted by atomic mass is 35.5. The Hall–Kier alpha value is -0.280. The lowest BCUT2D eigenvalue weighted by Gasteiger charge is -2.26. The first-order valence-corrected chi connectivity index (χ1v) is 6.79. The summed E-state index contributed by atoms with van der Waals surface area (Å²) >= 11 is 0. The Balaban J connectivity index is 0.00000144. The molecule has 0 aromatic carbocycles. The normalized spacial score (nSPS) is 29.7. The fourth-order valence-corrected chi connectivity index (χ4v) is 3.01. The third-order valence-corrected chi connectivity index (χ3v) is 4.09. The number of carbonyl (C=O) groups excluding carboxylic acids is 1. The average molecular weight is 261 g/mol. The van der Waals surface area contributed by atoms with Crippen LogP contribution in [0.5, 0.6) is 0 Å². The number of halogens is 1. The van der Waals surface area contributed by atoms with Crippen molar-refractivity contribution in [2.45, 2.75) is 69.9 Å². The topological polar surface area (TPSA) is 55.1 Å². The van der Waals surface area contributed by atoms with Gasteiger partial charge >= 0.3 is 0 Å². The van der Waals surface area contributed by atoms with Crippen LogP contribution in [-0.4, -0.2) is 18.0 Å². The van der Waals surface area contributed by atoms with Crippen LogP contribution in [0.3, 0.4) is 0 Å². The third kappa shape index (κ3) is 4.84. The molecule has 100 valence electrons. The van der Waals surface area contributed by atoms with Crippen molar-refractivity contribution in [3.63, 3.8) is 0 Å². The average Bonchev–Trinajstić information content (AvgIpc) is 2.74. The van der Waals surface area contributed by atoms with Crippen molar-refractivity contribution in [1.29, 1.82) is 0 Å². The van der Waals surface area contributed by atoms with Crippen LogP contribution in [0.4, 0.5) is 0 Å². The predicted molar refractivity (Wildman–Crippen MR) is 72.2 cm³/mol. The van der Waals surface area contributed by atoms with Crippen LogP contribution >= 0.6 is 12.4 Å². The number of hydrogen-bond acceptors (Lipinski definition) is 2. The van der Waals surface area contributed by atoms with Crippen molar-refractivity contribution in [2.24, 2.45) is 11.7 Å². The molecule has 2 aliphatic carbocycles. The Kier molecular flexibility index (Phi) is 6.28. The highest BCUT2D eigenvalue weighted by Gasteiger charge is 2.23. The fourth-order valence-electron chi connectivity index (χ4n) is 3.01. The Labute approximate surface area is 110 Å². The molecule has 2 saturated carbocycles. The zero-order valence-corrected chi connectivity index (χ0v) is 11.3. The first kappa shape index (κ1) is 14.8. The Morgan fingerprint density at radius 2 is 1.65 bits per heavy atom. The van der Waals surface area contributed by atoms with E-state index in [0.717, 1.165) is 32.1 Å². The standard InChI is InChI=1S/C13H24N2O.ClH/c14-11-7-5-10(6-8-11)9-13(16)15-12-3-1-2-4-12;/h10-12H,1-9,14H2,(H,15,16);1H. The van der Waals surface area contributed by atoms with E-state index in [4.69, 9.17) is 5.73 Å². The summed E-state index contributed by atoms with van der Waals surface area (Å²) in [5.41, 5.74) is 5.86. The lowest BCUT2D eigenvalue weighted by molar-refractivity contribution is -0.122. The highest BCUT2D eigenvalue weighted by molar-refractivity contribution is 5.85. The maximum Gasteiger partial charge on any atom is 0.220 e. The van der Waals surface area contributed by atoms with Crippen LogP contribution in [0.15, 0.2) is 0 Å². The van der Waals surface area contributed by atoms with Gasteiger partial charge in [-0.1, -0.05) is 12.8 Å². The maximum atomic E-state index is 11.8. The van der Waals surface area contributed by atoms with Gasteiger partial charge in [-0.15, -0.1) is 12.4 Å². The molecule has 3 N–H and O–H groups in total. The van der Waals surface area contributed by atoms with Gasteiger partial charge in [-0.25, -0.2) is 0 Å². The van der Waals surface area contributed by atoms with E-state index in [1.165, 1.54) is 25.7 Å². The summed E-state index contributed by atoms with van der Waals surface area (Å²) in [6, 6.07) is 0.854. The molecule has 0 radical (unpaired) electrons. The molecule has 2 rings (SSSR count). The van der Waals surface area contributed by atoms with Crippen LogP contribution < -0.4 is 11.1 Å². The van der Waals surface area contributed by atoms with Gasteiger partial charge < -0.3 is 11.1 Å². The molecular weight excluding hydrogens is 236 g/mol. The van der Waals surface area contributed by atoms with E-state index in [0.29, 0.717) is 18.0 Å². The summed E-state index contributed by atoms with van der Waals surface area (Å²) in [6.45, 7) is 0. The summed E-state index contributed by atoms with van der Waals surface area (Å²) in [5, 5.41) is 3.17. The lowest BCUT2D eigenvalue weighted by atomic mass is 9.84. The molecule has 0 aliphatic heterocycles. The van der Waals surface area contributed by atoms with Gasteiger partial charge in [-0.2, -0.15) is 0 Å². The number of nitrogens with two attached hydrogens (primary N) is 1. The van der Waals surface area contributed by atoms with E-state index in [2.05, 4.69) is 5.32 Å². The summed E-state index contributed by atoms with van der Waals surface area (Å²) < 4.78 is 0. The SMILES string of the molecule is Cl.NC1CCC(CC(=O)NC2CCCC2)CC1. The Morgan fingerprint density at radius 3 is 2.24 bits per heavy atom. The molecule has 0 saturated heterocycles. The second-order valence-corrected chi connectivity index (χ2v) is 5.53. The smallest absolute Gasteiger partial charge is 0.220 e. The number of carbonyl (C=O) groups is 1. The van der Waals surface area contributed by atoms with Gasteiger partial charge in [0.05, 0.1) is 0 Å². The van der Waals surface area contributed by atoms with E-state index >= 15 is 0 Å². The van der Waals surface area contributed by atoms with Crippen molar-refractivity contribution in [2.75, 3.05) is 0 Å². The highest BCUT2D eigenvalue weighted by Crippen LogP contribution is 2.26. The second-order valence-electron chi connectivity index (χ2n) is 5.53. The van der Waals surface area contributed by atoms with Gasteiger partial charge in [0.2, 0.25) is 5.91 Å². The van der Waals surface area contributed by atoms with Gasteiger partial charge in [0, 0.05) is 18.5 Å². The Morgan fingerprint density at radius 1 is 1.06 bits per heavy atom. The summed E-state index contributed by atoms with van der Waals surface area (Å²) in [7, 11) is 0. The first-order valence-electron chi connectivity index (χ1n) is 6.79. The molecule has 0 bridgehead atoms. The molecule has 0 spiro atoms. The molecule has 2 aliphatic rings. The summed E-state index contributed by atoms with van der Waals surface area (Å²) in [4.78, 5) is 11.8. The van der Waals surface area contributed by atoms with Crippen molar-refractivity contribution >= 4 is 18.3 Å². The molecule has 17 heavy (non-hydrogen) atoms.